The summed E-state index contributed by atoms with van der Waals surface area (Å²) in [6.07, 6.45) is -2.86. The van der Waals surface area contributed by atoms with E-state index in [1.807, 2.05) is 9.80 Å². The van der Waals surface area contributed by atoms with Crippen LogP contribution in [0.5, 0.6) is 0 Å². The van der Waals surface area contributed by atoms with Gasteiger partial charge in [0.25, 0.3) is 11.6 Å². The minimum atomic E-state index is -4.40. The van der Waals surface area contributed by atoms with E-state index in [0.717, 1.165) is 12.1 Å². The molecule has 1 aromatic heterocycles. The number of amides is 1. The minimum Gasteiger partial charge on any atom is -0.456 e. The SMILES string of the molecule is O=C1N=C(N2CCN(c3cccc(C(F)(F)F)c3)CC2)SC1=Cc1ccc(-c2ccccc2[N+](=O)[O-])o1. The smallest absolute Gasteiger partial charge is 0.416 e. The van der Waals surface area contributed by atoms with Crippen molar-refractivity contribution in [1.29, 1.82) is 0 Å². The molecule has 12 heteroatoms. The number of hydrogen-bond donors (Lipinski definition) is 0. The number of benzene rings is 2. The van der Waals surface area contributed by atoms with E-state index in [2.05, 4.69) is 4.99 Å². The van der Waals surface area contributed by atoms with E-state index in [1.165, 1.54) is 23.9 Å². The second kappa shape index (κ2) is 9.77. The minimum absolute atomic E-state index is 0.0859. The number of carbonyl (C=O) groups is 1. The zero-order chi connectivity index (χ0) is 26.2. The predicted molar refractivity (Wildman–Crippen MR) is 134 cm³/mol. The molecule has 1 saturated heterocycles. The first kappa shape index (κ1) is 24.6. The second-order valence-corrected chi connectivity index (χ2v) is 9.32. The molecule has 3 aromatic rings. The Labute approximate surface area is 213 Å². The molecule has 8 nitrogen and oxygen atoms in total. The number of nitro groups is 1. The van der Waals surface area contributed by atoms with Gasteiger partial charge in [-0.25, -0.2) is 0 Å². The van der Waals surface area contributed by atoms with Crippen LogP contribution in [0, 0.1) is 10.1 Å². The summed E-state index contributed by atoms with van der Waals surface area (Å²) < 4.78 is 44.9. The number of thioether (sulfide) groups is 1. The van der Waals surface area contributed by atoms with Crippen molar-refractivity contribution in [2.45, 2.75) is 6.18 Å². The standard InChI is InChI=1S/C25H19F3N4O4S/c26-25(27,28)16-4-3-5-17(14-16)30-10-12-31(13-11-30)24-29-23(33)22(37-24)15-18-8-9-21(36-18)19-6-1-2-7-20(19)32(34)35/h1-9,14-15H,10-13H2. The van der Waals surface area contributed by atoms with Crippen LogP contribution in [-0.2, 0) is 11.0 Å². The Morgan fingerprint density at radius 2 is 1.73 bits per heavy atom. The van der Waals surface area contributed by atoms with Gasteiger partial charge in [0.15, 0.2) is 5.17 Å². The summed E-state index contributed by atoms with van der Waals surface area (Å²) >= 11 is 1.19. The van der Waals surface area contributed by atoms with Gasteiger partial charge in [-0.05, 0) is 48.2 Å². The third kappa shape index (κ3) is 5.24. The molecular formula is C25H19F3N4O4S. The molecule has 1 fully saturated rings. The first-order chi connectivity index (χ1) is 17.7. The fraction of sp³-hybridized carbons (Fsp3) is 0.200. The van der Waals surface area contributed by atoms with Gasteiger partial charge in [0, 0.05) is 44.0 Å². The van der Waals surface area contributed by atoms with E-state index in [0.29, 0.717) is 59.0 Å². The van der Waals surface area contributed by atoms with Crippen LogP contribution in [0.15, 0.2) is 75.0 Å². The number of alkyl halides is 3. The summed E-state index contributed by atoms with van der Waals surface area (Å²) in [6, 6.07) is 14.7. The van der Waals surface area contributed by atoms with Crippen LogP contribution in [0.25, 0.3) is 17.4 Å². The van der Waals surface area contributed by atoms with Gasteiger partial charge in [0.1, 0.15) is 11.5 Å². The van der Waals surface area contributed by atoms with Crippen LogP contribution in [0.2, 0.25) is 0 Å². The molecule has 0 unspecified atom stereocenters. The van der Waals surface area contributed by atoms with Crippen LogP contribution in [0.1, 0.15) is 11.3 Å². The summed E-state index contributed by atoms with van der Waals surface area (Å²) in [5.74, 6) is 0.236. The Balaban J connectivity index is 1.24. The van der Waals surface area contributed by atoms with Crippen LogP contribution in [0.3, 0.4) is 0 Å². The predicted octanol–water partition coefficient (Wildman–Crippen LogP) is 5.67. The van der Waals surface area contributed by atoms with E-state index in [1.54, 1.807) is 42.5 Å². The number of nitrogens with zero attached hydrogens (tertiary/aromatic N) is 4. The third-order valence-electron chi connectivity index (χ3n) is 5.96. The largest absolute Gasteiger partial charge is 0.456 e. The number of para-hydroxylation sites is 1. The van der Waals surface area contributed by atoms with Crippen molar-refractivity contribution in [3.63, 3.8) is 0 Å². The highest BCUT2D eigenvalue weighted by Crippen LogP contribution is 2.35. The molecule has 2 aromatic carbocycles. The highest BCUT2D eigenvalue weighted by molar-refractivity contribution is 8.18. The number of anilines is 1. The van der Waals surface area contributed by atoms with Gasteiger partial charge in [0.05, 0.1) is 21.0 Å². The first-order valence-corrected chi connectivity index (χ1v) is 12.0. The molecule has 0 atom stereocenters. The summed E-state index contributed by atoms with van der Waals surface area (Å²) in [4.78, 5) is 31.6. The topological polar surface area (TPSA) is 92.2 Å². The molecule has 3 heterocycles. The molecule has 0 radical (unpaired) electrons. The van der Waals surface area contributed by atoms with E-state index >= 15 is 0 Å². The number of carbonyl (C=O) groups excluding carboxylic acids is 1. The second-order valence-electron chi connectivity index (χ2n) is 8.31. The van der Waals surface area contributed by atoms with Gasteiger partial charge in [-0.15, -0.1) is 0 Å². The number of halogens is 3. The molecule has 0 spiro atoms. The molecule has 0 bridgehead atoms. The highest BCUT2D eigenvalue weighted by Gasteiger charge is 2.32. The van der Waals surface area contributed by atoms with Gasteiger partial charge in [-0.2, -0.15) is 18.2 Å². The Morgan fingerprint density at radius 3 is 2.46 bits per heavy atom. The number of nitro benzene ring substituents is 1. The Kier molecular flexibility index (Phi) is 6.50. The summed E-state index contributed by atoms with van der Waals surface area (Å²) in [7, 11) is 0. The molecule has 0 saturated carbocycles. The average molecular weight is 529 g/mol. The average Bonchev–Trinajstić information content (AvgIpc) is 3.50. The lowest BCUT2D eigenvalue weighted by Gasteiger charge is -2.36. The summed E-state index contributed by atoms with van der Waals surface area (Å²) in [5, 5.41) is 11.8. The Bertz CT molecular complexity index is 1430. The normalized spacial score (nSPS) is 17.4. The van der Waals surface area contributed by atoms with Crippen molar-refractivity contribution in [2.75, 3.05) is 31.1 Å². The van der Waals surface area contributed by atoms with Gasteiger partial charge in [-0.3, -0.25) is 14.9 Å². The van der Waals surface area contributed by atoms with Gasteiger partial charge < -0.3 is 14.2 Å². The van der Waals surface area contributed by atoms with Gasteiger partial charge in [0.2, 0.25) is 0 Å². The van der Waals surface area contributed by atoms with E-state index in [9.17, 15) is 28.1 Å². The van der Waals surface area contributed by atoms with Crippen molar-refractivity contribution in [1.82, 2.24) is 4.90 Å². The Hall–Kier alpha value is -4.06. The van der Waals surface area contributed by atoms with Crippen LogP contribution >= 0.6 is 11.8 Å². The number of piperazine rings is 1. The molecule has 2 aliphatic rings. The van der Waals surface area contributed by atoms with Gasteiger partial charge in [-0.1, -0.05) is 18.2 Å². The van der Waals surface area contributed by atoms with E-state index in [-0.39, 0.29) is 5.69 Å². The number of amidine groups is 1. The first-order valence-electron chi connectivity index (χ1n) is 11.2. The molecule has 0 N–H and O–H groups in total. The zero-order valence-electron chi connectivity index (χ0n) is 19.1. The molecule has 5 rings (SSSR count). The fourth-order valence-corrected chi connectivity index (χ4v) is 5.06. The molecule has 1 amide bonds. The van der Waals surface area contributed by atoms with Crippen LogP contribution in [0.4, 0.5) is 24.5 Å². The van der Waals surface area contributed by atoms with E-state index in [4.69, 9.17) is 4.42 Å². The third-order valence-corrected chi connectivity index (χ3v) is 7.01. The number of hydrogen-bond acceptors (Lipinski definition) is 7. The van der Waals surface area contributed by atoms with Crippen LogP contribution < -0.4 is 4.90 Å². The highest BCUT2D eigenvalue weighted by atomic mass is 32.2. The lowest BCUT2D eigenvalue weighted by molar-refractivity contribution is -0.384. The number of furan rings is 1. The molecule has 37 heavy (non-hydrogen) atoms. The summed E-state index contributed by atoms with van der Waals surface area (Å²) in [6.45, 7) is 1.94. The maximum absolute atomic E-state index is 13.1. The van der Waals surface area contributed by atoms with Crippen molar-refractivity contribution < 1.29 is 27.3 Å². The van der Waals surface area contributed by atoms with Gasteiger partial charge >= 0.3 is 6.18 Å². The Morgan fingerprint density at radius 1 is 1.00 bits per heavy atom. The molecule has 190 valence electrons. The fourth-order valence-electron chi connectivity index (χ4n) is 4.11. The molecule has 2 aliphatic heterocycles. The number of rotatable bonds is 4. The van der Waals surface area contributed by atoms with Crippen molar-refractivity contribution in [2.24, 2.45) is 4.99 Å². The maximum atomic E-state index is 13.1. The monoisotopic (exact) mass is 528 g/mol. The number of aliphatic imine (C=N–C) groups is 1. The quantitative estimate of drug-likeness (QED) is 0.245. The summed E-state index contributed by atoms with van der Waals surface area (Å²) in [5.41, 5.74) is 0.0568. The van der Waals surface area contributed by atoms with Crippen molar-refractivity contribution >= 4 is 40.3 Å². The van der Waals surface area contributed by atoms with Crippen molar-refractivity contribution in [3.05, 3.63) is 87.0 Å². The van der Waals surface area contributed by atoms with Crippen molar-refractivity contribution in [3.8, 4) is 11.3 Å². The van der Waals surface area contributed by atoms with Crippen LogP contribution in [-0.4, -0.2) is 47.1 Å². The zero-order valence-corrected chi connectivity index (χ0v) is 20.0. The molecular weight excluding hydrogens is 509 g/mol. The maximum Gasteiger partial charge on any atom is 0.416 e. The molecule has 0 aliphatic carbocycles. The van der Waals surface area contributed by atoms with E-state index < -0.39 is 22.6 Å². The lowest BCUT2D eigenvalue weighted by Crippen LogP contribution is -2.47. The lowest BCUT2D eigenvalue weighted by atomic mass is 10.1.